The Labute approximate surface area is 114 Å². The zero-order valence-electron chi connectivity index (χ0n) is 11.8. The molecule has 0 aromatic heterocycles. The van der Waals surface area contributed by atoms with E-state index in [9.17, 15) is 9.59 Å². The Hall–Kier alpha value is -1.14. The van der Waals surface area contributed by atoms with Gasteiger partial charge in [-0.15, -0.1) is 0 Å². The van der Waals surface area contributed by atoms with Crippen molar-refractivity contribution in [2.45, 2.75) is 19.4 Å². The van der Waals surface area contributed by atoms with Crippen molar-refractivity contribution in [3.05, 3.63) is 0 Å². The highest BCUT2D eigenvalue weighted by Gasteiger charge is 2.31. The SMILES string of the molecule is COCC1CCN1CC(=O)N1CCN(C(C)=O)CC1. The Kier molecular flexibility index (Phi) is 4.76. The van der Waals surface area contributed by atoms with Crippen LogP contribution in [0.25, 0.3) is 0 Å². The van der Waals surface area contributed by atoms with Gasteiger partial charge in [0.15, 0.2) is 0 Å². The normalized spacial score (nSPS) is 24.2. The summed E-state index contributed by atoms with van der Waals surface area (Å²) in [5.41, 5.74) is 0. The van der Waals surface area contributed by atoms with E-state index in [0.29, 0.717) is 45.4 Å². The second kappa shape index (κ2) is 6.34. The molecule has 2 rings (SSSR count). The zero-order valence-corrected chi connectivity index (χ0v) is 11.8. The lowest BCUT2D eigenvalue weighted by Gasteiger charge is -2.42. The number of hydrogen-bond acceptors (Lipinski definition) is 4. The molecule has 0 bridgehead atoms. The average molecular weight is 269 g/mol. The van der Waals surface area contributed by atoms with Crippen molar-refractivity contribution in [2.24, 2.45) is 0 Å². The van der Waals surface area contributed by atoms with Gasteiger partial charge in [0.25, 0.3) is 0 Å². The molecule has 2 aliphatic rings. The summed E-state index contributed by atoms with van der Waals surface area (Å²) in [5.74, 6) is 0.263. The molecule has 2 saturated heterocycles. The summed E-state index contributed by atoms with van der Waals surface area (Å²) in [5, 5.41) is 0. The number of carbonyl (C=O) groups excluding carboxylic acids is 2. The molecule has 1 atom stereocenters. The van der Waals surface area contributed by atoms with Crippen LogP contribution >= 0.6 is 0 Å². The molecule has 2 heterocycles. The lowest BCUT2D eigenvalue weighted by atomic mass is 10.0. The van der Waals surface area contributed by atoms with Crippen molar-refractivity contribution in [3.63, 3.8) is 0 Å². The standard InChI is InChI=1S/C13H23N3O3/c1-11(17)14-5-7-15(8-6-14)13(18)9-16-4-3-12(16)10-19-2/h12H,3-10H2,1-2H3. The van der Waals surface area contributed by atoms with E-state index in [1.54, 1.807) is 18.9 Å². The number of methoxy groups -OCH3 is 1. The molecular formula is C13H23N3O3. The van der Waals surface area contributed by atoms with Crippen molar-refractivity contribution >= 4 is 11.8 Å². The van der Waals surface area contributed by atoms with E-state index in [4.69, 9.17) is 4.74 Å². The summed E-state index contributed by atoms with van der Waals surface area (Å²) in [7, 11) is 1.69. The molecule has 0 N–H and O–H groups in total. The molecule has 0 saturated carbocycles. The predicted octanol–water partition coefficient (Wildman–Crippen LogP) is -0.602. The van der Waals surface area contributed by atoms with Crippen LogP contribution in [-0.4, -0.2) is 85.5 Å². The summed E-state index contributed by atoms with van der Waals surface area (Å²) in [6.07, 6.45) is 1.11. The monoisotopic (exact) mass is 269 g/mol. The topological polar surface area (TPSA) is 53.1 Å². The summed E-state index contributed by atoms with van der Waals surface area (Å²) < 4.78 is 5.13. The van der Waals surface area contributed by atoms with Crippen LogP contribution in [0.2, 0.25) is 0 Å². The van der Waals surface area contributed by atoms with Crippen molar-refractivity contribution in [2.75, 3.05) is 53.0 Å². The molecule has 2 aliphatic heterocycles. The molecule has 6 nitrogen and oxygen atoms in total. The number of nitrogens with zero attached hydrogens (tertiary/aromatic N) is 3. The summed E-state index contributed by atoms with van der Waals surface area (Å²) in [6.45, 7) is 6.35. The van der Waals surface area contributed by atoms with Gasteiger partial charge in [0.2, 0.25) is 11.8 Å². The molecule has 0 radical (unpaired) electrons. The second-order valence-electron chi connectivity index (χ2n) is 5.26. The predicted molar refractivity (Wildman–Crippen MR) is 70.7 cm³/mol. The molecule has 1 unspecified atom stereocenters. The van der Waals surface area contributed by atoms with Crippen LogP contribution in [0.1, 0.15) is 13.3 Å². The lowest BCUT2D eigenvalue weighted by Crippen LogP contribution is -2.57. The van der Waals surface area contributed by atoms with E-state index >= 15 is 0 Å². The van der Waals surface area contributed by atoms with Crippen molar-refractivity contribution in [3.8, 4) is 0 Å². The first-order valence-electron chi connectivity index (χ1n) is 6.88. The maximum absolute atomic E-state index is 12.2. The molecule has 6 heteroatoms. The molecule has 108 valence electrons. The number of ether oxygens (including phenoxy) is 1. The number of piperazine rings is 1. The van der Waals surface area contributed by atoms with Gasteiger partial charge in [-0.2, -0.15) is 0 Å². The minimum absolute atomic E-state index is 0.0926. The minimum Gasteiger partial charge on any atom is -0.383 e. The summed E-state index contributed by atoms with van der Waals surface area (Å²) in [4.78, 5) is 29.2. The van der Waals surface area contributed by atoms with Crippen molar-refractivity contribution < 1.29 is 14.3 Å². The second-order valence-corrected chi connectivity index (χ2v) is 5.26. The number of hydrogen-bond donors (Lipinski definition) is 0. The van der Waals surface area contributed by atoms with E-state index in [0.717, 1.165) is 13.0 Å². The average Bonchev–Trinajstić information content (AvgIpc) is 2.40. The Balaban J connectivity index is 1.74. The van der Waals surface area contributed by atoms with Crippen molar-refractivity contribution in [1.82, 2.24) is 14.7 Å². The first-order valence-corrected chi connectivity index (χ1v) is 6.88. The summed E-state index contributed by atoms with van der Waals surface area (Å²) in [6, 6.07) is 0.396. The zero-order chi connectivity index (χ0) is 13.8. The first kappa shape index (κ1) is 14.3. The van der Waals surface area contributed by atoms with Crippen LogP contribution in [0.4, 0.5) is 0 Å². The molecule has 0 spiro atoms. The Morgan fingerprint density at radius 2 is 1.74 bits per heavy atom. The van der Waals surface area contributed by atoms with Gasteiger partial charge in [-0.05, 0) is 6.42 Å². The van der Waals surface area contributed by atoms with E-state index in [1.807, 2.05) is 4.90 Å². The molecule has 2 fully saturated rings. The number of amides is 2. The van der Waals surface area contributed by atoms with Gasteiger partial charge in [-0.25, -0.2) is 0 Å². The smallest absolute Gasteiger partial charge is 0.236 e. The van der Waals surface area contributed by atoms with Gasteiger partial charge >= 0.3 is 0 Å². The Morgan fingerprint density at radius 3 is 2.21 bits per heavy atom. The summed E-state index contributed by atoms with van der Waals surface area (Å²) >= 11 is 0. The van der Waals surface area contributed by atoms with Crippen LogP contribution < -0.4 is 0 Å². The van der Waals surface area contributed by atoms with E-state index < -0.39 is 0 Å². The fourth-order valence-electron chi connectivity index (χ4n) is 2.63. The molecule has 19 heavy (non-hydrogen) atoms. The highest BCUT2D eigenvalue weighted by Crippen LogP contribution is 2.17. The first-order chi connectivity index (χ1) is 9.11. The van der Waals surface area contributed by atoms with Crippen LogP contribution in [0.5, 0.6) is 0 Å². The van der Waals surface area contributed by atoms with Gasteiger partial charge in [0, 0.05) is 52.8 Å². The van der Waals surface area contributed by atoms with Gasteiger partial charge in [-0.3, -0.25) is 14.5 Å². The van der Waals surface area contributed by atoms with Crippen LogP contribution in [0.3, 0.4) is 0 Å². The largest absolute Gasteiger partial charge is 0.383 e. The lowest BCUT2D eigenvalue weighted by molar-refractivity contribution is -0.141. The molecule has 0 aromatic rings. The maximum atomic E-state index is 12.2. The number of carbonyl (C=O) groups is 2. The van der Waals surface area contributed by atoms with E-state index in [-0.39, 0.29) is 11.8 Å². The van der Waals surface area contributed by atoms with Gasteiger partial charge in [0.05, 0.1) is 13.2 Å². The van der Waals surface area contributed by atoms with Crippen LogP contribution in [-0.2, 0) is 14.3 Å². The maximum Gasteiger partial charge on any atom is 0.236 e. The quantitative estimate of drug-likeness (QED) is 0.684. The third kappa shape index (κ3) is 3.45. The van der Waals surface area contributed by atoms with Gasteiger partial charge in [-0.1, -0.05) is 0 Å². The van der Waals surface area contributed by atoms with E-state index in [1.165, 1.54) is 0 Å². The molecular weight excluding hydrogens is 246 g/mol. The Bertz CT molecular complexity index is 340. The number of rotatable bonds is 4. The van der Waals surface area contributed by atoms with Crippen molar-refractivity contribution in [1.29, 1.82) is 0 Å². The van der Waals surface area contributed by atoms with Gasteiger partial charge < -0.3 is 14.5 Å². The van der Waals surface area contributed by atoms with Gasteiger partial charge in [0.1, 0.15) is 0 Å². The third-order valence-corrected chi connectivity index (χ3v) is 4.04. The minimum atomic E-state index is 0.0926. The van der Waals surface area contributed by atoms with Crippen LogP contribution in [0.15, 0.2) is 0 Å². The van der Waals surface area contributed by atoms with E-state index in [2.05, 4.69) is 4.90 Å². The molecule has 0 aliphatic carbocycles. The molecule has 0 aromatic carbocycles. The third-order valence-electron chi connectivity index (χ3n) is 4.04. The Morgan fingerprint density at radius 1 is 1.11 bits per heavy atom. The number of likely N-dealkylation sites (tertiary alicyclic amines) is 1. The highest BCUT2D eigenvalue weighted by atomic mass is 16.5. The highest BCUT2D eigenvalue weighted by molar-refractivity contribution is 5.79. The molecule has 2 amide bonds. The fraction of sp³-hybridized carbons (Fsp3) is 0.846. The van der Waals surface area contributed by atoms with Crippen LogP contribution in [0, 0.1) is 0 Å². The fourth-order valence-corrected chi connectivity index (χ4v) is 2.63.